The minimum atomic E-state index is -0.992. The lowest BCUT2D eigenvalue weighted by molar-refractivity contribution is -0.142. The van der Waals surface area contributed by atoms with Gasteiger partial charge in [-0.15, -0.1) is 0 Å². The van der Waals surface area contributed by atoms with Crippen molar-refractivity contribution in [2.75, 3.05) is 25.2 Å². The molecule has 1 heterocycles. The molecule has 146 valence electrons. The van der Waals surface area contributed by atoms with Crippen molar-refractivity contribution in [2.45, 2.75) is 18.9 Å². The van der Waals surface area contributed by atoms with Crippen molar-refractivity contribution in [1.29, 1.82) is 0 Å². The number of methoxy groups -OCH3 is 1. The van der Waals surface area contributed by atoms with Gasteiger partial charge in [0.15, 0.2) is 0 Å². The third-order valence-electron chi connectivity index (χ3n) is 4.59. The summed E-state index contributed by atoms with van der Waals surface area (Å²) in [5.74, 6) is -1.04. The molecule has 1 amide bonds. The number of cyclic esters (lactones) is 1. The van der Waals surface area contributed by atoms with E-state index in [1.807, 2.05) is 30.3 Å². The van der Waals surface area contributed by atoms with E-state index in [2.05, 4.69) is 0 Å². The van der Waals surface area contributed by atoms with E-state index >= 15 is 0 Å². The van der Waals surface area contributed by atoms with Crippen molar-refractivity contribution in [1.82, 2.24) is 0 Å². The zero-order valence-corrected chi connectivity index (χ0v) is 15.7. The van der Waals surface area contributed by atoms with Gasteiger partial charge in [-0.25, -0.2) is 9.59 Å². The first kappa shape index (κ1) is 19.4. The second-order valence-electron chi connectivity index (χ2n) is 6.57. The third-order valence-corrected chi connectivity index (χ3v) is 4.59. The summed E-state index contributed by atoms with van der Waals surface area (Å²) in [5, 5.41) is 0. The average Bonchev–Trinajstić information content (AvgIpc) is 3.02. The largest absolute Gasteiger partial charge is 0.465 e. The Morgan fingerprint density at radius 3 is 2.46 bits per heavy atom. The molecule has 0 bridgehead atoms. The van der Waals surface area contributed by atoms with Gasteiger partial charge in [0, 0.05) is 13.3 Å². The number of anilines is 1. The first-order valence-electron chi connectivity index (χ1n) is 8.78. The summed E-state index contributed by atoms with van der Waals surface area (Å²) in [5.41, 5.74) is 0.520. The Kier molecular flexibility index (Phi) is 5.63. The molecule has 0 saturated carbocycles. The number of para-hydroxylation sites is 1. The zero-order valence-electron chi connectivity index (χ0n) is 15.7. The van der Waals surface area contributed by atoms with Gasteiger partial charge >= 0.3 is 18.0 Å². The lowest BCUT2D eigenvalue weighted by Gasteiger charge is -2.35. The number of benzene rings is 2. The lowest BCUT2D eigenvalue weighted by atomic mass is 9.90. The van der Waals surface area contributed by atoms with Crippen LogP contribution in [0.4, 0.5) is 10.5 Å². The summed E-state index contributed by atoms with van der Waals surface area (Å²) in [7, 11) is 1.28. The Balaban J connectivity index is 2.09. The number of hydrogen-bond donors (Lipinski definition) is 0. The Bertz CT molecular complexity index is 881. The van der Waals surface area contributed by atoms with Crippen LogP contribution in [0.3, 0.4) is 0 Å². The third kappa shape index (κ3) is 3.83. The number of amides is 1. The first-order chi connectivity index (χ1) is 13.5. The minimum absolute atomic E-state index is 0.0174. The van der Waals surface area contributed by atoms with E-state index in [0.717, 1.165) is 5.56 Å². The number of carbonyl (C=O) groups is 3. The Morgan fingerprint density at radius 2 is 1.79 bits per heavy atom. The van der Waals surface area contributed by atoms with Crippen molar-refractivity contribution in [3.63, 3.8) is 0 Å². The van der Waals surface area contributed by atoms with Gasteiger partial charge in [-0.05, 0) is 17.7 Å². The van der Waals surface area contributed by atoms with Crippen molar-refractivity contribution in [3.8, 4) is 0 Å². The molecule has 7 nitrogen and oxygen atoms in total. The van der Waals surface area contributed by atoms with Gasteiger partial charge in [0.1, 0.15) is 18.8 Å². The van der Waals surface area contributed by atoms with E-state index in [1.165, 1.54) is 18.9 Å². The van der Waals surface area contributed by atoms with Gasteiger partial charge in [-0.2, -0.15) is 0 Å². The molecule has 1 atom stereocenters. The fourth-order valence-corrected chi connectivity index (χ4v) is 3.32. The van der Waals surface area contributed by atoms with Crippen molar-refractivity contribution in [3.05, 3.63) is 65.7 Å². The second kappa shape index (κ2) is 8.12. The van der Waals surface area contributed by atoms with Crippen LogP contribution in [-0.2, 0) is 25.4 Å². The molecule has 7 heteroatoms. The van der Waals surface area contributed by atoms with E-state index in [-0.39, 0.29) is 18.8 Å². The number of esters is 2. The molecule has 3 rings (SSSR count). The topological polar surface area (TPSA) is 82.1 Å². The highest BCUT2D eigenvalue weighted by molar-refractivity contribution is 6.02. The highest BCUT2D eigenvalue weighted by Crippen LogP contribution is 2.36. The lowest BCUT2D eigenvalue weighted by Crippen LogP contribution is -2.53. The second-order valence-corrected chi connectivity index (χ2v) is 6.57. The molecule has 2 aromatic carbocycles. The standard InChI is InChI=1S/C21H21NO6/c1-15(23)27-13-21(12-16-8-4-3-5-9-16)14-28-20(25)22(21)18-11-7-6-10-17(18)19(24)26-2/h3-11H,12-14H2,1-2H3. The minimum Gasteiger partial charge on any atom is -0.465 e. The van der Waals surface area contributed by atoms with Gasteiger partial charge in [0.2, 0.25) is 0 Å². The number of rotatable bonds is 6. The summed E-state index contributed by atoms with van der Waals surface area (Å²) in [6.07, 6.45) is -0.234. The molecular weight excluding hydrogens is 362 g/mol. The monoisotopic (exact) mass is 383 g/mol. The van der Waals surface area contributed by atoms with Crippen molar-refractivity contribution in [2.24, 2.45) is 0 Å². The molecule has 0 aromatic heterocycles. The molecule has 1 fully saturated rings. The summed E-state index contributed by atoms with van der Waals surface area (Å²) >= 11 is 0. The summed E-state index contributed by atoms with van der Waals surface area (Å²) in [6, 6.07) is 16.1. The molecule has 0 radical (unpaired) electrons. The van der Waals surface area contributed by atoms with Crippen LogP contribution in [0.2, 0.25) is 0 Å². The predicted molar refractivity (Wildman–Crippen MR) is 101 cm³/mol. The van der Waals surface area contributed by atoms with Gasteiger partial charge in [0.25, 0.3) is 0 Å². The summed E-state index contributed by atoms with van der Waals surface area (Å²) in [4.78, 5) is 37.8. The molecule has 0 aliphatic carbocycles. The fourth-order valence-electron chi connectivity index (χ4n) is 3.32. The molecule has 1 aliphatic rings. The molecule has 0 N–H and O–H groups in total. The Hall–Kier alpha value is -3.35. The number of hydrogen-bond acceptors (Lipinski definition) is 6. The van der Waals surface area contributed by atoms with Gasteiger partial charge < -0.3 is 14.2 Å². The molecule has 28 heavy (non-hydrogen) atoms. The van der Waals surface area contributed by atoms with E-state index in [1.54, 1.807) is 24.3 Å². The van der Waals surface area contributed by atoms with Crippen LogP contribution in [0.15, 0.2) is 54.6 Å². The van der Waals surface area contributed by atoms with Crippen LogP contribution in [0.5, 0.6) is 0 Å². The number of carbonyl (C=O) groups excluding carboxylic acids is 3. The molecule has 1 saturated heterocycles. The zero-order chi connectivity index (χ0) is 20.1. The van der Waals surface area contributed by atoms with Crippen molar-refractivity contribution < 1.29 is 28.6 Å². The maximum atomic E-state index is 12.7. The maximum absolute atomic E-state index is 12.7. The fraction of sp³-hybridized carbons (Fsp3) is 0.286. The highest BCUT2D eigenvalue weighted by atomic mass is 16.6. The van der Waals surface area contributed by atoms with Gasteiger partial charge in [0.05, 0.1) is 18.4 Å². The van der Waals surface area contributed by atoms with Crippen LogP contribution in [-0.4, -0.2) is 43.9 Å². The first-order valence-corrected chi connectivity index (χ1v) is 8.78. The smallest absolute Gasteiger partial charge is 0.415 e. The SMILES string of the molecule is COC(=O)c1ccccc1N1C(=O)OCC1(COC(C)=O)Cc1ccccc1. The van der Waals surface area contributed by atoms with Crippen LogP contribution >= 0.6 is 0 Å². The molecular formula is C21H21NO6. The van der Waals surface area contributed by atoms with Gasteiger partial charge in [-0.1, -0.05) is 42.5 Å². The Morgan fingerprint density at radius 1 is 1.11 bits per heavy atom. The normalized spacial score (nSPS) is 18.5. The van der Waals surface area contributed by atoms with E-state index < -0.39 is 23.6 Å². The Labute approximate surface area is 162 Å². The van der Waals surface area contributed by atoms with Crippen LogP contribution in [0.25, 0.3) is 0 Å². The molecule has 1 aliphatic heterocycles. The average molecular weight is 383 g/mol. The molecule has 1 unspecified atom stereocenters. The van der Waals surface area contributed by atoms with Crippen LogP contribution in [0, 0.1) is 0 Å². The molecule has 2 aromatic rings. The van der Waals surface area contributed by atoms with E-state index in [0.29, 0.717) is 12.1 Å². The maximum Gasteiger partial charge on any atom is 0.415 e. The molecule has 0 spiro atoms. The number of ether oxygens (including phenoxy) is 3. The summed E-state index contributed by atoms with van der Waals surface area (Å²) in [6.45, 7) is 1.25. The van der Waals surface area contributed by atoms with E-state index in [4.69, 9.17) is 14.2 Å². The summed E-state index contributed by atoms with van der Waals surface area (Å²) < 4.78 is 15.5. The number of nitrogens with zero attached hydrogens (tertiary/aromatic N) is 1. The van der Waals surface area contributed by atoms with Gasteiger partial charge in [-0.3, -0.25) is 9.69 Å². The highest BCUT2D eigenvalue weighted by Gasteiger charge is 2.50. The van der Waals surface area contributed by atoms with Crippen LogP contribution < -0.4 is 4.90 Å². The van der Waals surface area contributed by atoms with Crippen molar-refractivity contribution >= 4 is 23.7 Å². The van der Waals surface area contributed by atoms with Crippen LogP contribution in [0.1, 0.15) is 22.8 Å². The quantitative estimate of drug-likeness (QED) is 0.563. The predicted octanol–water partition coefficient (Wildman–Crippen LogP) is 2.97. The van der Waals surface area contributed by atoms with E-state index in [9.17, 15) is 14.4 Å².